The van der Waals surface area contributed by atoms with Gasteiger partial charge in [-0.25, -0.2) is 12.7 Å². The minimum absolute atomic E-state index is 0.118. The zero-order valence-electron chi connectivity index (χ0n) is 17.3. The van der Waals surface area contributed by atoms with Crippen LogP contribution in [0.2, 0.25) is 0 Å². The fourth-order valence-corrected chi connectivity index (χ4v) is 4.48. The molecule has 0 saturated carbocycles. The third-order valence-electron chi connectivity index (χ3n) is 5.28. The van der Waals surface area contributed by atoms with Crippen molar-refractivity contribution in [3.8, 4) is 0 Å². The highest BCUT2D eigenvalue weighted by Gasteiger charge is 2.20. The Bertz CT molecular complexity index is 950. The van der Waals surface area contributed by atoms with Gasteiger partial charge in [0.15, 0.2) is 0 Å². The molecule has 7 heteroatoms. The van der Waals surface area contributed by atoms with Gasteiger partial charge in [0.2, 0.25) is 10.0 Å². The largest absolute Gasteiger partial charge is 0.372 e. The van der Waals surface area contributed by atoms with Crippen molar-refractivity contribution in [3.63, 3.8) is 0 Å². The van der Waals surface area contributed by atoms with Crippen LogP contribution in [0.5, 0.6) is 0 Å². The molecule has 3 rings (SSSR count). The van der Waals surface area contributed by atoms with Crippen LogP contribution in [0.4, 0.5) is 5.69 Å². The number of hydrogen-bond acceptors (Lipinski definition) is 4. The van der Waals surface area contributed by atoms with E-state index >= 15 is 0 Å². The van der Waals surface area contributed by atoms with E-state index in [2.05, 4.69) is 29.2 Å². The van der Waals surface area contributed by atoms with Crippen molar-refractivity contribution in [2.24, 2.45) is 0 Å². The average Bonchev–Trinajstić information content (AvgIpc) is 2.74. The lowest BCUT2D eigenvalue weighted by atomic mass is 10.1. The number of piperidine rings is 1. The predicted molar refractivity (Wildman–Crippen MR) is 116 cm³/mol. The number of amides is 1. The van der Waals surface area contributed by atoms with Crippen LogP contribution in [0, 0.1) is 0 Å². The highest BCUT2D eigenvalue weighted by Crippen LogP contribution is 2.21. The minimum Gasteiger partial charge on any atom is -0.372 e. The molecule has 0 atom stereocenters. The van der Waals surface area contributed by atoms with Crippen molar-refractivity contribution < 1.29 is 13.2 Å². The number of anilines is 1. The van der Waals surface area contributed by atoms with Crippen LogP contribution in [-0.2, 0) is 16.6 Å². The first-order chi connectivity index (χ1) is 13.8. The first-order valence-electron chi connectivity index (χ1n) is 9.91. The van der Waals surface area contributed by atoms with Gasteiger partial charge in [-0.1, -0.05) is 18.2 Å². The van der Waals surface area contributed by atoms with Crippen LogP contribution >= 0.6 is 0 Å². The summed E-state index contributed by atoms with van der Waals surface area (Å²) in [5.74, 6) is -0.207. The molecule has 1 heterocycles. The summed E-state index contributed by atoms with van der Waals surface area (Å²) >= 11 is 0. The normalized spacial score (nSPS) is 14.8. The topological polar surface area (TPSA) is 60.9 Å². The first kappa shape index (κ1) is 21.3. The van der Waals surface area contributed by atoms with Gasteiger partial charge in [-0.3, -0.25) is 4.79 Å². The molecule has 0 unspecified atom stereocenters. The average molecular weight is 416 g/mol. The number of carbonyl (C=O) groups is 1. The van der Waals surface area contributed by atoms with E-state index in [1.807, 2.05) is 0 Å². The number of rotatable bonds is 6. The molecule has 0 spiro atoms. The van der Waals surface area contributed by atoms with Gasteiger partial charge in [0, 0.05) is 52.0 Å². The molecule has 156 valence electrons. The van der Waals surface area contributed by atoms with Gasteiger partial charge in [-0.05, 0) is 55.2 Å². The molecule has 1 saturated heterocycles. The molecule has 29 heavy (non-hydrogen) atoms. The maximum atomic E-state index is 12.8. The van der Waals surface area contributed by atoms with Crippen LogP contribution in [0.1, 0.15) is 35.2 Å². The third kappa shape index (κ3) is 4.97. The van der Waals surface area contributed by atoms with E-state index in [1.54, 1.807) is 24.1 Å². The van der Waals surface area contributed by atoms with E-state index in [0.29, 0.717) is 12.1 Å². The number of nitrogens with zero attached hydrogens (tertiary/aromatic N) is 3. The fraction of sp³-hybridized carbons (Fsp3) is 0.409. The Labute approximate surface area is 173 Å². The quantitative estimate of drug-likeness (QED) is 0.727. The van der Waals surface area contributed by atoms with Crippen molar-refractivity contribution in [2.75, 3.05) is 39.1 Å². The Kier molecular flexibility index (Phi) is 6.59. The van der Waals surface area contributed by atoms with Crippen molar-refractivity contribution in [2.45, 2.75) is 30.7 Å². The van der Waals surface area contributed by atoms with E-state index in [9.17, 15) is 13.2 Å². The molecular formula is C22H29N3O3S. The second kappa shape index (κ2) is 8.97. The summed E-state index contributed by atoms with van der Waals surface area (Å²) in [4.78, 5) is 16.9. The summed E-state index contributed by atoms with van der Waals surface area (Å²) < 4.78 is 25.8. The maximum absolute atomic E-state index is 12.8. The lowest BCUT2D eigenvalue weighted by Gasteiger charge is -2.29. The molecule has 1 aliphatic heterocycles. The van der Waals surface area contributed by atoms with Crippen LogP contribution in [-0.4, -0.2) is 57.8 Å². The van der Waals surface area contributed by atoms with Crippen LogP contribution in [0.3, 0.4) is 0 Å². The van der Waals surface area contributed by atoms with E-state index in [1.165, 1.54) is 51.2 Å². The molecular weight excluding hydrogens is 386 g/mol. The number of carbonyl (C=O) groups excluding carboxylic acids is 1. The Hall–Kier alpha value is -2.38. The number of hydrogen-bond donors (Lipinski definition) is 0. The van der Waals surface area contributed by atoms with Gasteiger partial charge < -0.3 is 9.80 Å². The summed E-state index contributed by atoms with van der Waals surface area (Å²) in [7, 11) is 1.11. The van der Waals surface area contributed by atoms with Gasteiger partial charge >= 0.3 is 0 Å². The standard InChI is InChI=1S/C22H29N3O3S/c1-23(2)29(27,28)21-9-7-8-19(16-21)22(26)24(3)17-18-10-12-20(13-11-18)25-14-5-4-6-15-25/h7-13,16H,4-6,14-15,17H2,1-3H3. The Morgan fingerprint density at radius 2 is 1.62 bits per heavy atom. The van der Waals surface area contributed by atoms with Gasteiger partial charge in [0.05, 0.1) is 4.90 Å². The molecule has 1 aliphatic rings. The molecule has 0 bridgehead atoms. The SMILES string of the molecule is CN(Cc1ccc(N2CCCCC2)cc1)C(=O)c1cccc(S(=O)(=O)N(C)C)c1. The molecule has 0 radical (unpaired) electrons. The smallest absolute Gasteiger partial charge is 0.253 e. The summed E-state index contributed by atoms with van der Waals surface area (Å²) in [6.45, 7) is 2.66. The summed E-state index contributed by atoms with van der Waals surface area (Å²) in [6, 6.07) is 14.5. The maximum Gasteiger partial charge on any atom is 0.253 e. The van der Waals surface area contributed by atoms with Gasteiger partial charge in [-0.15, -0.1) is 0 Å². The molecule has 0 aromatic heterocycles. The number of benzene rings is 2. The van der Waals surface area contributed by atoms with Crippen molar-refractivity contribution >= 4 is 21.6 Å². The van der Waals surface area contributed by atoms with E-state index < -0.39 is 10.0 Å². The zero-order valence-corrected chi connectivity index (χ0v) is 18.2. The monoisotopic (exact) mass is 415 g/mol. The highest BCUT2D eigenvalue weighted by atomic mass is 32.2. The second-order valence-electron chi connectivity index (χ2n) is 7.69. The predicted octanol–water partition coefficient (Wildman–Crippen LogP) is 3.20. The van der Waals surface area contributed by atoms with Crippen LogP contribution in [0.25, 0.3) is 0 Å². The van der Waals surface area contributed by atoms with Crippen LogP contribution in [0.15, 0.2) is 53.4 Å². The molecule has 0 N–H and O–H groups in total. The van der Waals surface area contributed by atoms with Crippen molar-refractivity contribution in [1.29, 1.82) is 0 Å². The molecule has 2 aromatic rings. The van der Waals surface area contributed by atoms with E-state index in [-0.39, 0.29) is 10.8 Å². The minimum atomic E-state index is -3.58. The highest BCUT2D eigenvalue weighted by molar-refractivity contribution is 7.89. The van der Waals surface area contributed by atoms with E-state index in [4.69, 9.17) is 0 Å². The lowest BCUT2D eigenvalue weighted by Crippen LogP contribution is -2.29. The van der Waals surface area contributed by atoms with E-state index in [0.717, 1.165) is 23.0 Å². The fourth-order valence-electron chi connectivity index (χ4n) is 3.53. The lowest BCUT2D eigenvalue weighted by molar-refractivity contribution is 0.0785. The molecule has 1 fully saturated rings. The van der Waals surface area contributed by atoms with Crippen molar-refractivity contribution in [1.82, 2.24) is 9.21 Å². The Morgan fingerprint density at radius 3 is 2.24 bits per heavy atom. The summed E-state index contributed by atoms with van der Waals surface area (Å²) in [5, 5.41) is 0. The Morgan fingerprint density at radius 1 is 0.966 bits per heavy atom. The van der Waals surface area contributed by atoms with Gasteiger partial charge in [-0.2, -0.15) is 0 Å². The second-order valence-corrected chi connectivity index (χ2v) is 9.84. The number of sulfonamides is 1. The first-order valence-corrected chi connectivity index (χ1v) is 11.3. The zero-order chi connectivity index (χ0) is 21.0. The third-order valence-corrected chi connectivity index (χ3v) is 7.09. The molecule has 1 amide bonds. The summed E-state index contributed by atoms with van der Waals surface area (Å²) in [6.07, 6.45) is 3.78. The van der Waals surface area contributed by atoms with Crippen molar-refractivity contribution in [3.05, 3.63) is 59.7 Å². The molecule has 2 aromatic carbocycles. The van der Waals surface area contributed by atoms with Crippen LogP contribution < -0.4 is 4.90 Å². The van der Waals surface area contributed by atoms with Gasteiger partial charge in [0.25, 0.3) is 5.91 Å². The Balaban J connectivity index is 1.69. The molecule has 6 nitrogen and oxygen atoms in total. The summed E-state index contributed by atoms with van der Waals surface area (Å²) in [5.41, 5.74) is 2.63. The van der Waals surface area contributed by atoms with Gasteiger partial charge in [0.1, 0.15) is 0 Å². The molecule has 0 aliphatic carbocycles.